The zero-order valence-electron chi connectivity index (χ0n) is 16.4. The van der Waals surface area contributed by atoms with E-state index in [1.54, 1.807) is 62.4 Å². The molecule has 0 radical (unpaired) electrons. The molecule has 3 rings (SSSR count). The second-order valence-corrected chi connectivity index (χ2v) is 6.67. The van der Waals surface area contributed by atoms with Crippen molar-refractivity contribution in [1.82, 2.24) is 9.78 Å². The number of nitrogens with zero attached hydrogens (tertiary/aromatic N) is 2. The Labute approximate surface area is 174 Å². The van der Waals surface area contributed by atoms with E-state index in [9.17, 15) is 4.79 Å². The minimum Gasteiger partial charge on any atom is -0.493 e. The lowest BCUT2D eigenvalue weighted by atomic mass is 10.2. The summed E-state index contributed by atoms with van der Waals surface area (Å²) in [6.45, 7) is 2.06. The summed E-state index contributed by atoms with van der Waals surface area (Å²) in [6, 6.07) is 14.2. The Balaban J connectivity index is 1.71. The van der Waals surface area contributed by atoms with Crippen LogP contribution in [0.2, 0.25) is 5.02 Å². The fraction of sp³-hybridized carbons (Fsp3) is 0.238. The quantitative estimate of drug-likeness (QED) is 0.601. The predicted octanol–water partition coefficient (Wildman–Crippen LogP) is 4.01. The Kier molecular flexibility index (Phi) is 6.61. The van der Waals surface area contributed by atoms with Crippen LogP contribution in [0.3, 0.4) is 0 Å². The van der Waals surface area contributed by atoms with Gasteiger partial charge in [-0.2, -0.15) is 5.10 Å². The van der Waals surface area contributed by atoms with Crippen molar-refractivity contribution in [3.8, 4) is 17.2 Å². The molecule has 8 heteroatoms. The first-order valence-corrected chi connectivity index (χ1v) is 9.34. The van der Waals surface area contributed by atoms with E-state index in [4.69, 9.17) is 25.8 Å². The maximum Gasteiger partial charge on any atom is 0.266 e. The van der Waals surface area contributed by atoms with E-state index in [1.807, 2.05) is 18.2 Å². The van der Waals surface area contributed by atoms with Crippen molar-refractivity contribution in [1.29, 1.82) is 0 Å². The Bertz CT molecular complexity index is 990. The number of anilines is 1. The molecule has 1 heterocycles. The molecule has 0 saturated carbocycles. The van der Waals surface area contributed by atoms with Gasteiger partial charge in [0.15, 0.2) is 17.6 Å². The Morgan fingerprint density at radius 3 is 2.69 bits per heavy atom. The number of halogens is 1. The molecule has 0 aliphatic carbocycles. The number of para-hydroxylation sites is 1. The zero-order chi connectivity index (χ0) is 20.8. The minimum atomic E-state index is -0.719. The molecular formula is C21H22ClN3O4. The van der Waals surface area contributed by atoms with Gasteiger partial charge in [-0.15, -0.1) is 0 Å². The molecule has 1 atom stereocenters. The second-order valence-electron chi connectivity index (χ2n) is 6.23. The number of methoxy groups -OCH3 is 2. The van der Waals surface area contributed by atoms with Crippen LogP contribution in [0.15, 0.2) is 54.7 Å². The highest BCUT2D eigenvalue weighted by atomic mass is 35.5. The lowest BCUT2D eigenvalue weighted by Crippen LogP contribution is -2.31. The van der Waals surface area contributed by atoms with Crippen molar-refractivity contribution < 1.29 is 19.0 Å². The summed E-state index contributed by atoms with van der Waals surface area (Å²) < 4.78 is 18.1. The first-order chi connectivity index (χ1) is 14.0. The van der Waals surface area contributed by atoms with Crippen LogP contribution < -0.4 is 19.5 Å². The number of ether oxygens (including phenoxy) is 3. The smallest absolute Gasteiger partial charge is 0.266 e. The number of carbonyl (C=O) groups excluding carboxylic acids is 1. The van der Waals surface area contributed by atoms with Crippen LogP contribution in [0.1, 0.15) is 12.5 Å². The summed E-state index contributed by atoms with van der Waals surface area (Å²) in [5, 5.41) is 7.68. The summed E-state index contributed by atoms with van der Waals surface area (Å²) in [5.74, 6) is 2.02. The molecule has 0 aliphatic rings. The lowest BCUT2D eigenvalue weighted by molar-refractivity contribution is -0.122. The fourth-order valence-electron chi connectivity index (χ4n) is 2.83. The van der Waals surface area contributed by atoms with E-state index in [-0.39, 0.29) is 5.91 Å². The van der Waals surface area contributed by atoms with Gasteiger partial charge in [0, 0.05) is 16.7 Å². The van der Waals surface area contributed by atoms with Crippen molar-refractivity contribution in [3.05, 3.63) is 65.3 Å². The molecule has 1 unspecified atom stereocenters. The van der Waals surface area contributed by atoms with Crippen LogP contribution in [-0.4, -0.2) is 36.0 Å². The number of amides is 1. The largest absolute Gasteiger partial charge is 0.493 e. The van der Waals surface area contributed by atoms with Gasteiger partial charge in [-0.3, -0.25) is 4.79 Å². The molecule has 3 aromatic rings. The second kappa shape index (κ2) is 9.34. The minimum absolute atomic E-state index is 0.302. The molecule has 0 bridgehead atoms. The molecule has 0 spiro atoms. The van der Waals surface area contributed by atoms with Gasteiger partial charge in [0.25, 0.3) is 5.91 Å². The topological polar surface area (TPSA) is 74.6 Å². The predicted molar refractivity (Wildman–Crippen MR) is 111 cm³/mol. The number of hydrogen-bond donors (Lipinski definition) is 1. The summed E-state index contributed by atoms with van der Waals surface area (Å²) >= 11 is 5.96. The average Bonchev–Trinajstić information content (AvgIpc) is 3.14. The van der Waals surface area contributed by atoms with Gasteiger partial charge in [-0.1, -0.05) is 29.8 Å². The number of rotatable bonds is 8. The highest BCUT2D eigenvalue weighted by Gasteiger charge is 2.18. The van der Waals surface area contributed by atoms with Gasteiger partial charge < -0.3 is 19.5 Å². The summed E-state index contributed by atoms with van der Waals surface area (Å²) in [6.07, 6.45) is 0.897. The highest BCUT2D eigenvalue weighted by Crippen LogP contribution is 2.31. The number of hydrogen-bond acceptors (Lipinski definition) is 5. The molecule has 0 saturated heterocycles. The van der Waals surface area contributed by atoms with Crippen LogP contribution in [0.25, 0.3) is 0 Å². The maximum absolute atomic E-state index is 12.6. The molecule has 152 valence electrons. The molecule has 2 aromatic carbocycles. The number of benzene rings is 2. The summed E-state index contributed by atoms with van der Waals surface area (Å²) in [4.78, 5) is 12.6. The average molecular weight is 416 g/mol. The fourth-order valence-corrected chi connectivity index (χ4v) is 3.01. The van der Waals surface area contributed by atoms with Crippen LogP contribution >= 0.6 is 11.6 Å². The normalized spacial score (nSPS) is 11.6. The van der Waals surface area contributed by atoms with E-state index >= 15 is 0 Å². The Morgan fingerprint density at radius 2 is 1.97 bits per heavy atom. The zero-order valence-corrected chi connectivity index (χ0v) is 17.1. The number of aromatic nitrogens is 2. The molecule has 1 N–H and O–H groups in total. The molecule has 7 nitrogen and oxygen atoms in total. The van der Waals surface area contributed by atoms with Gasteiger partial charge in [-0.25, -0.2) is 4.68 Å². The SMILES string of the molecule is COc1cccc(Cn2nccc2NC(=O)C(C)Oc2cccc(Cl)c2)c1OC. The first kappa shape index (κ1) is 20.5. The van der Waals surface area contributed by atoms with Gasteiger partial charge in [-0.05, 0) is 31.2 Å². The third kappa shape index (κ3) is 5.00. The molecular weight excluding hydrogens is 394 g/mol. The van der Waals surface area contributed by atoms with E-state index in [0.29, 0.717) is 34.6 Å². The van der Waals surface area contributed by atoms with Gasteiger partial charge in [0.1, 0.15) is 11.6 Å². The van der Waals surface area contributed by atoms with Gasteiger partial charge >= 0.3 is 0 Å². The molecule has 0 aliphatic heterocycles. The van der Waals surface area contributed by atoms with Crippen LogP contribution in [0.5, 0.6) is 17.2 Å². The van der Waals surface area contributed by atoms with E-state index in [2.05, 4.69) is 10.4 Å². The standard InChI is InChI=1S/C21H22ClN3O4/c1-14(29-17-8-5-7-16(22)12-17)21(26)24-19-10-11-23-25(19)13-15-6-4-9-18(27-2)20(15)28-3/h4-12,14H,13H2,1-3H3,(H,24,26). The lowest BCUT2D eigenvalue weighted by Gasteiger charge is -2.16. The molecule has 0 fully saturated rings. The summed E-state index contributed by atoms with van der Waals surface area (Å²) in [5.41, 5.74) is 0.870. The van der Waals surface area contributed by atoms with Gasteiger partial charge in [0.2, 0.25) is 0 Å². The number of nitrogens with one attached hydrogen (secondary N) is 1. The third-order valence-electron chi connectivity index (χ3n) is 4.25. The van der Waals surface area contributed by atoms with E-state index < -0.39 is 6.10 Å². The van der Waals surface area contributed by atoms with Crippen LogP contribution in [0.4, 0.5) is 5.82 Å². The van der Waals surface area contributed by atoms with Crippen molar-refractivity contribution in [2.45, 2.75) is 19.6 Å². The highest BCUT2D eigenvalue weighted by molar-refractivity contribution is 6.30. The third-order valence-corrected chi connectivity index (χ3v) is 4.49. The number of carbonyl (C=O) groups is 1. The van der Waals surface area contributed by atoms with Crippen molar-refractivity contribution in [3.63, 3.8) is 0 Å². The van der Waals surface area contributed by atoms with Crippen LogP contribution in [0, 0.1) is 0 Å². The first-order valence-electron chi connectivity index (χ1n) is 8.96. The molecule has 1 aromatic heterocycles. The molecule has 29 heavy (non-hydrogen) atoms. The van der Waals surface area contributed by atoms with Crippen molar-refractivity contribution >= 4 is 23.3 Å². The monoisotopic (exact) mass is 415 g/mol. The van der Waals surface area contributed by atoms with E-state index in [0.717, 1.165) is 5.56 Å². The molecule has 1 amide bonds. The van der Waals surface area contributed by atoms with Crippen molar-refractivity contribution in [2.75, 3.05) is 19.5 Å². The Morgan fingerprint density at radius 1 is 1.17 bits per heavy atom. The maximum atomic E-state index is 12.6. The summed E-state index contributed by atoms with van der Waals surface area (Å²) in [7, 11) is 3.17. The van der Waals surface area contributed by atoms with E-state index in [1.165, 1.54) is 0 Å². The van der Waals surface area contributed by atoms with Crippen molar-refractivity contribution in [2.24, 2.45) is 0 Å². The van der Waals surface area contributed by atoms with Gasteiger partial charge in [0.05, 0.1) is 27.0 Å². The Hall–Kier alpha value is -3.19. The van der Waals surface area contributed by atoms with Crippen LogP contribution in [-0.2, 0) is 11.3 Å².